The first-order valence-electron chi connectivity index (χ1n) is 7.21. The minimum atomic E-state index is -2.88. The van der Waals surface area contributed by atoms with Crippen LogP contribution in [-0.2, 0) is 9.59 Å². The van der Waals surface area contributed by atoms with Crippen molar-refractivity contribution in [3.63, 3.8) is 0 Å². The van der Waals surface area contributed by atoms with E-state index in [2.05, 4.69) is 10.1 Å². The predicted molar refractivity (Wildman–Crippen MR) is 82.4 cm³/mol. The molecule has 1 aromatic carbocycles. The van der Waals surface area contributed by atoms with Crippen LogP contribution in [0.15, 0.2) is 24.3 Å². The lowest BCUT2D eigenvalue weighted by Crippen LogP contribution is -2.48. The number of benzene rings is 1. The number of hydrogen-bond acceptors (Lipinski definition) is 4. The number of hydrogen-bond donors (Lipinski definition) is 1. The first kappa shape index (κ1) is 16.0. The Morgan fingerprint density at radius 3 is 2.78 bits per heavy atom. The van der Waals surface area contributed by atoms with Gasteiger partial charge in [0.05, 0.1) is 4.87 Å². The number of ether oxygens (including phenoxy) is 1. The number of anilines is 1. The highest BCUT2D eigenvalue weighted by atomic mass is 32.2. The summed E-state index contributed by atoms with van der Waals surface area (Å²) < 4.78 is 28.5. The third kappa shape index (κ3) is 3.12. The molecule has 2 aliphatic heterocycles. The fraction of sp³-hybridized carbons (Fsp3) is 0.467. The van der Waals surface area contributed by atoms with Gasteiger partial charge in [0.15, 0.2) is 0 Å². The number of carbonyl (C=O) groups is 2. The standard InChI is InChI=1S/C15H16F2N2O3S/c1-15-7-6-12(20)19(15)11(8-23-15)13(21)18-9-2-4-10(5-3-9)22-14(16)17/h2-5,11,14H,6-8H2,1H3,(H,18,21)/t11-,15-/m0/s1. The Hall–Kier alpha value is -1.83. The molecule has 2 fully saturated rings. The number of rotatable bonds is 4. The van der Waals surface area contributed by atoms with Gasteiger partial charge in [0.2, 0.25) is 11.8 Å². The molecule has 8 heteroatoms. The van der Waals surface area contributed by atoms with E-state index in [1.165, 1.54) is 24.3 Å². The summed E-state index contributed by atoms with van der Waals surface area (Å²) in [5.41, 5.74) is 0.474. The zero-order valence-corrected chi connectivity index (χ0v) is 13.2. The molecule has 0 aromatic heterocycles. The molecule has 0 spiro atoms. The maximum atomic E-state index is 12.4. The Bertz CT molecular complexity index is 626. The average molecular weight is 342 g/mol. The summed E-state index contributed by atoms with van der Waals surface area (Å²) in [5, 5.41) is 2.73. The molecule has 1 aromatic rings. The third-order valence-corrected chi connectivity index (χ3v) is 5.60. The predicted octanol–water partition coefficient (Wildman–Crippen LogP) is 2.68. The fourth-order valence-corrected chi connectivity index (χ4v) is 4.39. The SMILES string of the molecule is C[C@]12CCC(=O)N1[C@H](C(=O)Nc1ccc(OC(F)F)cc1)CS2. The maximum Gasteiger partial charge on any atom is 0.387 e. The molecule has 2 atom stereocenters. The minimum Gasteiger partial charge on any atom is -0.435 e. The Morgan fingerprint density at radius 2 is 2.13 bits per heavy atom. The van der Waals surface area contributed by atoms with E-state index in [9.17, 15) is 18.4 Å². The van der Waals surface area contributed by atoms with Crippen molar-refractivity contribution < 1.29 is 23.1 Å². The first-order valence-corrected chi connectivity index (χ1v) is 8.19. The van der Waals surface area contributed by atoms with Gasteiger partial charge in [-0.05, 0) is 37.6 Å². The van der Waals surface area contributed by atoms with Crippen LogP contribution < -0.4 is 10.1 Å². The van der Waals surface area contributed by atoms with Crippen molar-refractivity contribution in [1.82, 2.24) is 4.90 Å². The van der Waals surface area contributed by atoms with Gasteiger partial charge in [-0.25, -0.2) is 0 Å². The van der Waals surface area contributed by atoms with Crippen LogP contribution in [0.2, 0.25) is 0 Å². The molecule has 2 amide bonds. The normalized spacial score (nSPS) is 26.5. The quantitative estimate of drug-likeness (QED) is 0.914. The number of nitrogens with zero attached hydrogens (tertiary/aromatic N) is 1. The summed E-state index contributed by atoms with van der Waals surface area (Å²) >= 11 is 1.62. The molecule has 0 unspecified atom stereocenters. The van der Waals surface area contributed by atoms with Crippen LogP contribution in [0.25, 0.3) is 0 Å². The molecule has 0 bridgehead atoms. The summed E-state index contributed by atoms with van der Waals surface area (Å²) in [6.45, 7) is -0.906. The topological polar surface area (TPSA) is 58.6 Å². The molecule has 23 heavy (non-hydrogen) atoms. The van der Waals surface area contributed by atoms with Crippen molar-refractivity contribution >= 4 is 29.3 Å². The van der Waals surface area contributed by atoms with E-state index in [1.54, 1.807) is 16.7 Å². The summed E-state index contributed by atoms with van der Waals surface area (Å²) in [7, 11) is 0. The number of alkyl halides is 2. The second-order valence-electron chi connectivity index (χ2n) is 5.66. The van der Waals surface area contributed by atoms with Crippen LogP contribution in [0.4, 0.5) is 14.5 Å². The van der Waals surface area contributed by atoms with Crippen molar-refractivity contribution in [2.45, 2.75) is 37.3 Å². The molecule has 124 valence electrons. The Kier molecular flexibility index (Phi) is 4.18. The summed E-state index contributed by atoms with van der Waals surface area (Å²) in [6.07, 6.45) is 1.22. The fourth-order valence-electron chi connectivity index (χ4n) is 2.96. The van der Waals surface area contributed by atoms with E-state index in [0.717, 1.165) is 6.42 Å². The van der Waals surface area contributed by atoms with E-state index in [0.29, 0.717) is 17.9 Å². The van der Waals surface area contributed by atoms with Gasteiger partial charge < -0.3 is 15.0 Å². The summed E-state index contributed by atoms with van der Waals surface area (Å²) in [4.78, 5) is 25.8. The van der Waals surface area contributed by atoms with Crippen LogP contribution in [0.3, 0.4) is 0 Å². The third-order valence-electron chi connectivity index (χ3n) is 4.09. The van der Waals surface area contributed by atoms with Gasteiger partial charge in [0, 0.05) is 17.9 Å². The lowest BCUT2D eigenvalue weighted by atomic mass is 10.2. The monoisotopic (exact) mass is 342 g/mol. The average Bonchev–Trinajstić information content (AvgIpc) is 2.98. The molecule has 2 saturated heterocycles. The number of carbonyl (C=O) groups excluding carboxylic acids is 2. The van der Waals surface area contributed by atoms with Crippen molar-refractivity contribution in [3.05, 3.63) is 24.3 Å². The molecule has 0 aliphatic carbocycles. The van der Waals surface area contributed by atoms with Gasteiger partial charge in [-0.15, -0.1) is 11.8 Å². The minimum absolute atomic E-state index is 0.00155. The molecule has 0 radical (unpaired) electrons. The molecule has 2 heterocycles. The van der Waals surface area contributed by atoms with Crippen LogP contribution >= 0.6 is 11.8 Å². The zero-order valence-electron chi connectivity index (χ0n) is 12.4. The summed E-state index contributed by atoms with van der Waals surface area (Å²) in [5.74, 6) is 0.315. The number of fused-ring (bicyclic) bond motifs is 1. The van der Waals surface area contributed by atoms with E-state index < -0.39 is 12.7 Å². The zero-order chi connectivity index (χ0) is 16.6. The van der Waals surface area contributed by atoms with Gasteiger partial charge in [0.1, 0.15) is 11.8 Å². The van der Waals surface area contributed by atoms with Gasteiger partial charge in [0.25, 0.3) is 0 Å². The highest BCUT2D eigenvalue weighted by molar-refractivity contribution is 8.01. The molecule has 3 rings (SSSR count). The molecular weight excluding hydrogens is 326 g/mol. The van der Waals surface area contributed by atoms with E-state index in [4.69, 9.17) is 0 Å². The van der Waals surface area contributed by atoms with Crippen LogP contribution in [-0.4, -0.2) is 40.0 Å². The van der Waals surface area contributed by atoms with Crippen LogP contribution in [0, 0.1) is 0 Å². The first-order chi connectivity index (χ1) is 10.9. The molecule has 2 aliphatic rings. The second-order valence-corrected chi connectivity index (χ2v) is 7.16. The van der Waals surface area contributed by atoms with Crippen molar-refractivity contribution in [3.8, 4) is 5.75 Å². The number of thioether (sulfide) groups is 1. The number of nitrogens with one attached hydrogen (secondary N) is 1. The van der Waals surface area contributed by atoms with Gasteiger partial charge in [-0.1, -0.05) is 0 Å². The van der Waals surface area contributed by atoms with E-state index in [1.807, 2.05) is 6.92 Å². The molecule has 1 N–H and O–H groups in total. The Balaban J connectivity index is 1.66. The largest absolute Gasteiger partial charge is 0.435 e. The van der Waals surface area contributed by atoms with E-state index in [-0.39, 0.29) is 22.4 Å². The number of halogens is 2. The smallest absolute Gasteiger partial charge is 0.387 e. The number of amides is 2. The van der Waals surface area contributed by atoms with Gasteiger partial charge in [-0.2, -0.15) is 8.78 Å². The molecule has 0 saturated carbocycles. The van der Waals surface area contributed by atoms with Crippen molar-refractivity contribution in [2.24, 2.45) is 0 Å². The molecule has 5 nitrogen and oxygen atoms in total. The van der Waals surface area contributed by atoms with Gasteiger partial charge >= 0.3 is 6.61 Å². The van der Waals surface area contributed by atoms with Gasteiger partial charge in [-0.3, -0.25) is 9.59 Å². The second kappa shape index (κ2) is 5.99. The van der Waals surface area contributed by atoms with Crippen molar-refractivity contribution in [2.75, 3.05) is 11.1 Å². The Labute approximate surface area is 136 Å². The highest BCUT2D eigenvalue weighted by Gasteiger charge is 2.52. The summed E-state index contributed by atoms with van der Waals surface area (Å²) in [6, 6.07) is 5.19. The maximum absolute atomic E-state index is 12.4. The highest BCUT2D eigenvalue weighted by Crippen LogP contribution is 2.47. The molecular formula is C15H16F2N2O3S. The van der Waals surface area contributed by atoms with Crippen LogP contribution in [0.5, 0.6) is 5.75 Å². The lowest BCUT2D eigenvalue weighted by Gasteiger charge is -2.29. The van der Waals surface area contributed by atoms with Crippen molar-refractivity contribution in [1.29, 1.82) is 0 Å². The van der Waals surface area contributed by atoms with E-state index >= 15 is 0 Å². The van der Waals surface area contributed by atoms with Crippen LogP contribution in [0.1, 0.15) is 19.8 Å². The lowest BCUT2D eigenvalue weighted by molar-refractivity contribution is -0.135. The Morgan fingerprint density at radius 1 is 1.43 bits per heavy atom.